The van der Waals surface area contributed by atoms with Gasteiger partial charge in [-0.15, -0.1) is 11.6 Å². The summed E-state index contributed by atoms with van der Waals surface area (Å²) in [5, 5.41) is 4.35. The fourth-order valence-electron chi connectivity index (χ4n) is 1.42. The first-order valence-corrected chi connectivity index (χ1v) is 6.91. The number of benzene rings is 1. The molecule has 0 spiro atoms. The summed E-state index contributed by atoms with van der Waals surface area (Å²) in [6, 6.07) is 5.71. The number of aromatic nitrogens is 2. The lowest BCUT2D eigenvalue weighted by atomic mass is 10.3. The molecule has 17 heavy (non-hydrogen) atoms. The van der Waals surface area contributed by atoms with Crippen LogP contribution in [0.3, 0.4) is 0 Å². The third kappa shape index (κ3) is 2.67. The standard InChI is InChI=1S/C11H9Br2ClN2O/c1-17-11-5-10(8(12)4-9(11)13)16-3-2-7(6-14)15-16/h2-5H,6H2,1H3. The molecule has 1 aromatic heterocycles. The van der Waals surface area contributed by atoms with Crippen LogP contribution >= 0.6 is 43.5 Å². The number of alkyl halides is 1. The lowest BCUT2D eigenvalue weighted by Crippen LogP contribution is -1.98. The Hall–Kier alpha value is -0.520. The van der Waals surface area contributed by atoms with Crippen LogP contribution in [0.25, 0.3) is 5.69 Å². The predicted molar refractivity (Wildman–Crippen MR) is 75.1 cm³/mol. The van der Waals surface area contributed by atoms with E-state index < -0.39 is 0 Å². The van der Waals surface area contributed by atoms with Crippen molar-refractivity contribution in [2.75, 3.05) is 7.11 Å². The highest BCUT2D eigenvalue weighted by molar-refractivity contribution is 9.11. The molecular weight excluding hydrogens is 371 g/mol. The Morgan fingerprint density at radius 1 is 1.35 bits per heavy atom. The Morgan fingerprint density at radius 3 is 2.71 bits per heavy atom. The van der Waals surface area contributed by atoms with Crippen molar-refractivity contribution in [1.29, 1.82) is 0 Å². The Kier molecular flexibility index (Phi) is 4.12. The van der Waals surface area contributed by atoms with Gasteiger partial charge in [-0.3, -0.25) is 0 Å². The van der Waals surface area contributed by atoms with Gasteiger partial charge < -0.3 is 4.74 Å². The van der Waals surface area contributed by atoms with Crippen LogP contribution in [0.5, 0.6) is 5.75 Å². The van der Waals surface area contributed by atoms with Gasteiger partial charge in [0, 0.05) is 16.7 Å². The van der Waals surface area contributed by atoms with Crippen molar-refractivity contribution in [3.8, 4) is 11.4 Å². The van der Waals surface area contributed by atoms with Gasteiger partial charge in [0.1, 0.15) is 5.75 Å². The van der Waals surface area contributed by atoms with E-state index in [9.17, 15) is 0 Å². The van der Waals surface area contributed by atoms with E-state index in [4.69, 9.17) is 16.3 Å². The zero-order valence-electron chi connectivity index (χ0n) is 8.95. The van der Waals surface area contributed by atoms with Crippen molar-refractivity contribution in [3.05, 3.63) is 39.0 Å². The van der Waals surface area contributed by atoms with Crippen molar-refractivity contribution in [2.45, 2.75) is 5.88 Å². The second kappa shape index (κ2) is 5.42. The summed E-state index contributed by atoms with van der Waals surface area (Å²) in [4.78, 5) is 0. The fraction of sp³-hybridized carbons (Fsp3) is 0.182. The van der Waals surface area contributed by atoms with E-state index in [-0.39, 0.29) is 0 Å². The summed E-state index contributed by atoms with van der Waals surface area (Å²) in [6.07, 6.45) is 1.87. The summed E-state index contributed by atoms with van der Waals surface area (Å²) in [6.45, 7) is 0. The number of nitrogens with zero attached hydrogens (tertiary/aromatic N) is 2. The normalized spacial score (nSPS) is 10.6. The molecule has 0 unspecified atom stereocenters. The molecule has 0 aliphatic rings. The molecule has 90 valence electrons. The van der Waals surface area contributed by atoms with E-state index in [0.717, 1.165) is 26.1 Å². The minimum atomic E-state index is 0.401. The molecule has 2 rings (SSSR count). The van der Waals surface area contributed by atoms with Crippen LogP contribution in [-0.2, 0) is 5.88 Å². The third-order valence-electron chi connectivity index (χ3n) is 2.25. The molecule has 1 aromatic carbocycles. The number of hydrogen-bond acceptors (Lipinski definition) is 2. The highest BCUT2D eigenvalue weighted by Crippen LogP contribution is 2.33. The lowest BCUT2D eigenvalue weighted by Gasteiger charge is -2.09. The molecule has 1 heterocycles. The molecule has 0 radical (unpaired) electrons. The molecular formula is C11H9Br2ClN2O. The highest BCUT2D eigenvalue weighted by atomic mass is 79.9. The van der Waals surface area contributed by atoms with Crippen molar-refractivity contribution < 1.29 is 4.74 Å². The molecule has 0 aliphatic carbocycles. The van der Waals surface area contributed by atoms with Gasteiger partial charge in [0.2, 0.25) is 0 Å². The van der Waals surface area contributed by atoms with E-state index in [1.165, 1.54) is 0 Å². The van der Waals surface area contributed by atoms with E-state index >= 15 is 0 Å². The third-order valence-corrected chi connectivity index (χ3v) is 3.78. The minimum absolute atomic E-state index is 0.401. The lowest BCUT2D eigenvalue weighted by molar-refractivity contribution is 0.411. The summed E-state index contributed by atoms with van der Waals surface area (Å²) < 4.78 is 8.84. The topological polar surface area (TPSA) is 27.1 Å². The predicted octanol–water partition coefficient (Wildman–Crippen LogP) is 4.14. The molecule has 0 aliphatic heterocycles. The minimum Gasteiger partial charge on any atom is -0.495 e. The molecule has 0 amide bonds. The van der Waals surface area contributed by atoms with Gasteiger partial charge in [0.05, 0.1) is 28.8 Å². The fourth-order valence-corrected chi connectivity index (χ4v) is 2.90. The van der Waals surface area contributed by atoms with Gasteiger partial charge in [-0.05, 0) is 44.0 Å². The quantitative estimate of drug-likeness (QED) is 0.748. The van der Waals surface area contributed by atoms with E-state index in [1.807, 2.05) is 24.4 Å². The molecule has 0 bridgehead atoms. The Labute approximate surface area is 121 Å². The van der Waals surface area contributed by atoms with Crippen LogP contribution in [0, 0.1) is 0 Å². The highest BCUT2D eigenvalue weighted by Gasteiger charge is 2.10. The maximum Gasteiger partial charge on any atom is 0.135 e. The molecule has 2 aromatic rings. The molecule has 3 nitrogen and oxygen atoms in total. The molecule has 0 saturated carbocycles. The SMILES string of the molecule is COc1cc(-n2ccc(CCl)n2)c(Br)cc1Br. The van der Waals surface area contributed by atoms with Gasteiger partial charge in [0.25, 0.3) is 0 Å². The largest absolute Gasteiger partial charge is 0.495 e. The van der Waals surface area contributed by atoms with Gasteiger partial charge >= 0.3 is 0 Å². The van der Waals surface area contributed by atoms with Crippen LogP contribution in [0.1, 0.15) is 5.69 Å². The summed E-state index contributed by atoms with van der Waals surface area (Å²) in [5.74, 6) is 1.16. The van der Waals surface area contributed by atoms with E-state index in [1.54, 1.807) is 11.8 Å². The Balaban J connectivity index is 2.50. The Bertz CT molecular complexity index is 542. The average molecular weight is 380 g/mol. The zero-order chi connectivity index (χ0) is 12.4. The van der Waals surface area contributed by atoms with Crippen LogP contribution in [0.2, 0.25) is 0 Å². The number of halogens is 3. The summed E-state index contributed by atoms with van der Waals surface area (Å²) >= 11 is 12.7. The molecule has 0 N–H and O–H groups in total. The zero-order valence-corrected chi connectivity index (χ0v) is 12.9. The van der Waals surface area contributed by atoms with Crippen LogP contribution in [-0.4, -0.2) is 16.9 Å². The monoisotopic (exact) mass is 378 g/mol. The first-order valence-electron chi connectivity index (χ1n) is 4.79. The summed E-state index contributed by atoms with van der Waals surface area (Å²) in [7, 11) is 1.63. The first-order chi connectivity index (χ1) is 8.15. The number of hydrogen-bond donors (Lipinski definition) is 0. The van der Waals surface area contributed by atoms with E-state index in [0.29, 0.717) is 5.88 Å². The van der Waals surface area contributed by atoms with Gasteiger partial charge in [-0.25, -0.2) is 4.68 Å². The molecule has 0 atom stereocenters. The second-order valence-corrected chi connectivity index (χ2v) is 5.30. The number of rotatable bonds is 3. The second-order valence-electron chi connectivity index (χ2n) is 3.32. The Morgan fingerprint density at radius 2 is 2.12 bits per heavy atom. The number of methoxy groups -OCH3 is 1. The molecule has 0 saturated heterocycles. The maximum absolute atomic E-state index is 5.73. The molecule has 0 fully saturated rings. The first kappa shape index (κ1) is 12.9. The number of ether oxygens (including phenoxy) is 1. The van der Waals surface area contributed by atoms with Crippen LogP contribution in [0.4, 0.5) is 0 Å². The molecule has 6 heteroatoms. The van der Waals surface area contributed by atoms with Gasteiger partial charge in [-0.1, -0.05) is 0 Å². The van der Waals surface area contributed by atoms with Crippen molar-refractivity contribution in [2.24, 2.45) is 0 Å². The van der Waals surface area contributed by atoms with Crippen molar-refractivity contribution in [3.63, 3.8) is 0 Å². The summed E-state index contributed by atoms with van der Waals surface area (Å²) in [5.41, 5.74) is 1.74. The maximum atomic E-state index is 5.73. The smallest absolute Gasteiger partial charge is 0.135 e. The average Bonchev–Trinajstić information content (AvgIpc) is 2.78. The van der Waals surface area contributed by atoms with Gasteiger partial charge in [-0.2, -0.15) is 5.10 Å². The van der Waals surface area contributed by atoms with E-state index in [2.05, 4.69) is 37.0 Å². The van der Waals surface area contributed by atoms with Crippen LogP contribution < -0.4 is 4.74 Å². The van der Waals surface area contributed by atoms with Gasteiger partial charge in [0.15, 0.2) is 0 Å². The van der Waals surface area contributed by atoms with Crippen molar-refractivity contribution in [1.82, 2.24) is 9.78 Å². The van der Waals surface area contributed by atoms with Crippen LogP contribution in [0.15, 0.2) is 33.3 Å². The van der Waals surface area contributed by atoms with Crippen molar-refractivity contribution >= 4 is 43.5 Å².